The lowest BCUT2D eigenvalue weighted by molar-refractivity contribution is 0.303. The van der Waals surface area contributed by atoms with Gasteiger partial charge in [0, 0.05) is 36.7 Å². The quantitative estimate of drug-likeness (QED) is 0.641. The molecule has 1 aliphatic heterocycles. The third-order valence-corrected chi connectivity index (χ3v) is 5.17. The summed E-state index contributed by atoms with van der Waals surface area (Å²) in [5, 5.41) is 10.3. The van der Waals surface area contributed by atoms with Crippen molar-refractivity contribution in [1.29, 1.82) is 0 Å². The van der Waals surface area contributed by atoms with Gasteiger partial charge >= 0.3 is 0 Å². The minimum absolute atomic E-state index is 0.0886. The van der Waals surface area contributed by atoms with Crippen LogP contribution in [-0.4, -0.2) is 41.4 Å². The lowest BCUT2D eigenvalue weighted by Crippen LogP contribution is -2.24. The smallest absolute Gasteiger partial charge is 0.134 e. The molecular weight excluding hydrogens is 383 g/mol. The highest BCUT2D eigenvalue weighted by molar-refractivity contribution is 6.35. The molecule has 3 N–H and O–H groups in total. The number of fused-ring (bicyclic) bond motifs is 1. The van der Waals surface area contributed by atoms with Crippen molar-refractivity contribution in [3.63, 3.8) is 0 Å². The van der Waals surface area contributed by atoms with E-state index >= 15 is 0 Å². The van der Waals surface area contributed by atoms with Crippen molar-refractivity contribution >= 4 is 35.1 Å². The summed E-state index contributed by atoms with van der Waals surface area (Å²) in [5.41, 5.74) is 9.15. The van der Waals surface area contributed by atoms with E-state index in [0.717, 1.165) is 28.4 Å². The topological polar surface area (TPSA) is 67.3 Å². The van der Waals surface area contributed by atoms with Crippen molar-refractivity contribution < 1.29 is 5.11 Å². The molecule has 0 aromatic carbocycles. The van der Waals surface area contributed by atoms with Crippen molar-refractivity contribution in [1.82, 2.24) is 9.55 Å². The van der Waals surface area contributed by atoms with Crippen molar-refractivity contribution in [2.45, 2.75) is 19.9 Å². The molecule has 146 valence electrons. The number of anilines is 1. The maximum absolute atomic E-state index is 9.20. The van der Waals surface area contributed by atoms with E-state index in [1.807, 2.05) is 31.1 Å². The van der Waals surface area contributed by atoms with Gasteiger partial charge < -0.3 is 20.3 Å². The van der Waals surface area contributed by atoms with Gasteiger partial charge in [0.25, 0.3) is 0 Å². The Morgan fingerprint density at radius 2 is 2.19 bits per heavy atom. The molecule has 2 rings (SSSR count). The number of likely N-dealkylation sites (N-methyl/N-ethyl adjacent to an activating group) is 1. The SMILES string of the molecule is C=C/C(Cl)=C\C(Cl)=C(/C)CC1=CCn2c(N(C)CCO)cnc2C=C1CN. The number of aromatic nitrogens is 2. The Labute approximate surface area is 170 Å². The monoisotopic (exact) mass is 408 g/mol. The highest BCUT2D eigenvalue weighted by Gasteiger charge is 2.17. The van der Waals surface area contributed by atoms with Crippen LogP contribution in [0.5, 0.6) is 0 Å². The molecule has 1 aromatic heterocycles. The van der Waals surface area contributed by atoms with Gasteiger partial charge in [0.05, 0.1) is 12.8 Å². The van der Waals surface area contributed by atoms with Crippen LogP contribution in [0.25, 0.3) is 6.08 Å². The molecule has 1 aromatic rings. The number of allylic oxidation sites excluding steroid dienone is 6. The number of rotatable bonds is 8. The first kappa shape index (κ1) is 21.5. The first-order valence-corrected chi connectivity index (χ1v) is 9.49. The van der Waals surface area contributed by atoms with Crippen molar-refractivity contribution in [3.8, 4) is 0 Å². The molecule has 0 bridgehead atoms. The predicted octanol–water partition coefficient (Wildman–Crippen LogP) is 3.81. The lowest BCUT2D eigenvalue weighted by Gasteiger charge is -2.19. The van der Waals surface area contributed by atoms with Crippen LogP contribution in [0.2, 0.25) is 0 Å². The second-order valence-corrected chi connectivity index (χ2v) is 7.22. The van der Waals surface area contributed by atoms with E-state index in [0.29, 0.717) is 36.1 Å². The van der Waals surface area contributed by atoms with Gasteiger partial charge in [-0.05, 0) is 36.6 Å². The van der Waals surface area contributed by atoms with Gasteiger partial charge in [0.1, 0.15) is 11.6 Å². The Balaban J connectivity index is 2.33. The molecule has 0 spiro atoms. The Kier molecular flexibility index (Phi) is 7.92. The number of nitrogens with two attached hydrogens (primary N) is 1. The molecule has 1 aliphatic rings. The molecule has 0 saturated carbocycles. The molecule has 0 radical (unpaired) electrons. The number of halogens is 2. The number of hydrogen-bond acceptors (Lipinski definition) is 4. The minimum atomic E-state index is 0.0886. The average Bonchev–Trinajstić information content (AvgIpc) is 2.97. The fourth-order valence-corrected chi connectivity index (χ4v) is 3.23. The Bertz CT molecular complexity index is 818. The van der Waals surface area contributed by atoms with Crippen LogP contribution in [0, 0.1) is 0 Å². The van der Waals surface area contributed by atoms with Crippen LogP contribution >= 0.6 is 23.2 Å². The Morgan fingerprint density at radius 3 is 2.81 bits per heavy atom. The molecule has 0 saturated heterocycles. The van der Waals surface area contributed by atoms with Crippen LogP contribution in [0.15, 0.2) is 57.8 Å². The van der Waals surface area contributed by atoms with Crippen LogP contribution in [0.1, 0.15) is 19.2 Å². The molecule has 5 nitrogen and oxygen atoms in total. The van der Waals surface area contributed by atoms with E-state index in [1.54, 1.807) is 12.2 Å². The first-order valence-electron chi connectivity index (χ1n) is 8.73. The van der Waals surface area contributed by atoms with Gasteiger partial charge in [-0.25, -0.2) is 4.98 Å². The molecule has 0 atom stereocenters. The third kappa shape index (κ3) is 5.36. The fourth-order valence-electron chi connectivity index (χ4n) is 2.88. The van der Waals surface area contributed by atoms with Crippen LogP contribution in [0.4, 0.5) is 5.82 Å². The van der Waals surface area contributed by atoms with Gasteiger partial charge in [-0.2, -0.15) is 0 Å². The second-order valence-electron chi connectivity index (χ2n) is 6.37. The first-order chi connectivity index (χ1) is 12.9. The van der Waals surface area contributed by atoms with Gasteiger partial charge in [-0.15, -0.1) is 0 Å². The molecule has 7 heteroatoms. The van der Waals surface area contributed by atoms with Gasteiger partial charge in [-0.1, -0.05) is 47.5 Å². The van der Waals surface area contributed by atoms with E-state index in [4.69, 9.17) is 28.9 Å². The van der Waals surface area contributed by atoms with Crippen LogP contribution in [0.3, 0.4) is 0 Å². The highest BCUT2D eigenvalue weighted by atomic mass is 35.5. The van der Waals surface area contributed by atoms with E-state index in [2.05, 4.69) is 22.2 Å². The zero-order valence-corrected chi connectivity index (χ0v) is 17.3. The lowest BCUT2D eigenvalue weighted by atomic mass is 9.98. The van der Waals surface area contributed by atoms with E-state index < -0.39 is 0 Å². The molecule has 27 heavy (non-hydrogen) atoms. The predicted molar refractivity (Wildman–Crippen MR) is 115 cm³/mol. The zero-order valence-electron chi connectivity index (χ0n) is 15.8. The largest absolute Gasteiger partial charge is 0.395 e. The van der Waals surface area contributed by atoms with Gasteiger partial charge in [0.2, 0.25) is 0 Å². The van der Waals surface area contributed by atoms with Gasteiger partial charge in [-0.3, -0.25) is 0 Å². The Hall–Kier alpha value is -1.79. The average molecular weight is 409 g/mol. The molecule has 0 aliphatic carbocycles. The zero-order chi connectivity index (χ0) is 20.0. The summed E-state index contributed by atoms with van der Waals surface area (Å²) < 4.78 is 2.10. The third-order valence-electron chi connectivity index (χ3n) is 4.47. The molecule has 2 heterocycles. The summed E-state index contributed by atoms with van der Waals surface area (Å²) in [7, 11) is 1.94. The minimum Gasteiger partial charge on any atom is -0.395 e. The van der Waals surface area contributed by atoms with E-state index in [9.17, 15) is 5.11 Å². The summed E-state index contributed by atoms with van der Waals surface area (Å²) in [6.07, 6.45) is 9.91. The maximum Gasteiger partial charge on any atom is 0.134 e. The summed E-state index contributed by atoms with van der Waals surface area (Å²) >= 11 is 12.4. The van der Waals surface area contributed by atoms with Crippen molar-refractivity contribution in [2.24, 2.45) is 5.73 Å². The number of nitrogens with zero attached hydrogens (tertiary/aromatic N) is 3. The molecule has 0 amide bonds. The van der Waals surface area contributed by atoms with Crippen molar-refractivity contribution in [3.05, 3.63) is 63.6 Å². The number of aliphatic hydroxyl groups is 1. The maximum atomic E-state index is 9.20. The van der Waals surface area contributed by atoms with Gasteiger partial charge in [0.15, 0.2) is 0 Å². The number of hydrogen-bond donors (Lipinski definition) is 2. The highest BCUT2D eigenvalue weighted by Crippen LogP contribution is 2.29. The van der Waals surface area contributed by atoms with Crippen LogP contribution < -0.4 is 10.6 Å². The molecular formula is C20H26Cl2N4O. The van der Waals surface area contributed by atoms with E-state index in [-0.39, 0.29) is 6.61 Å². The normalized spacial score (nSPS) is 15.4. The summed E-state index contributed by atoms with van der Waals surface area (Å²) in [4.78, 5) is 6.50. The van der Waals surface area contributed by atoms with Crippen molar-refractivity contribution in [2.75, 3.05) is 31.6 Å². The Morgan fingerprint density at radius 1 is 1.44 bits per heavy atom. The van der Waals surface area contributed by atoms with Crippen LogP contribution in [-0.2, 0) is 6.54 Å². The summed E-state index contributed by atoms with van der Waals surface area (Å²) in [6.45, 7) is 7.32. The fraction of sp³-hybridized carbons (Fsp3) is 0.350. The second kappa shape index (κ2) is 9.95. The number of imidazole rings is 1. The molecule has 0 unspecified atom stereocenters. The number of aliphatic hydroxyl groups excluding tert-OH is 1. The van der Waals surface area contributed by atoms with E-state index in [1.165, 1.54) is 0 Å². The molecule has 0 fully saturated rings. The summed E-state index contributed by atoms with van der Waals surface area (Å²) in [5.74, 6) is 1.80. The standard InChI is InChI=1S/C20H26Cl2N4O/c1-4-17(21)11-18(22)14(2)9-15-5-6-26-19(10-16(15)12-23)24-13-20(26)25(3)7-8-27/h4-5,10-11,13,27H,1,6-9,12,23H2,2-3H3/b17-11+,18-14-. The summed E-state index contributed by atoms with van der Waals surface area (Å²) in [6, 6.07) is 0.